The predicted octanol–water partition coefficient (Wildman–Crippen LogP) is 1.74. The van der Waals surface area contributed by atoms with E-state index in [4.69, 9.17) is 10.5 Å². The molecule has 4 nitrogen and oxygen atoms in total. The molecule has 0 spiro atoms. The number of nitrogens with one attached hydrogen (secondary N) is 1. The van der Waals surface area contributed by atoms with E-state index in [0.29, 0.717) is 6.42 Å². The molecule has 1 amide bonds. The third-order valence-corrected chi connectivity index (χ3v) is 3.60. The zero-order valence-electron chi connectivity index (χ0n) is 9.57. The van der Waals surface area contributed by atoms with Gasteiger partial charge in [-0.05, 0) is 40.0 Å². The van der Waals surface area contributed by atoms with Crippen molar-refractivity contribution < 1.29 is 9.53 Å². The van der Waals surface area contributed by atoms with Crippen LogP contribution in [0.2, 0.25) is 0 Å². The Morgan fingerprint density at radius 1 is 1.53 bits per heavy atom. The average molecular weight is 299 g/mol. The number of hydrogen-bond acceptors (Lipinski definition) is 3. The van der Waals surface area contributed by atoms with Crippen molar-refractivity contribution in [2.75, 3.05) is 7.11 Å². The summed E-state index contributed by atoms with van der Waals surface area (Å²) in [5.41, 5.74) is 7.03. The van der Waals surface area contributed by atoms with Crippen LogP contribution in [-0.4, -0.2) is 19.1 Å². The van der Waals surface area contributed by atoms with Gasteiger partial charge in [0.15, 0.2) is 0 Å². The van der Waals surface area contributed by atoms with Crippen LogP contribution in [0.25, 0.3) is 0 Å². The molecule has 1 aliphatic heterocycles. The van der Waals surface area contributed by atoms with Gasteiger partial charge in [-0.3, -0.25) is 4.79 Å². The second-order valence-corrected chi connectivity index (χ2v) is 5.00. The van der Waals surface area contributed by atoms with Crippen molar-refractivity contribution in [2.45, 2.75) is 24.9 Å². The van der Waals surface area contributed by atoms with Gasteiger partial charge in [-0.15, -0.1) is 0 Å². The van der Waals surface area contributed by atoms with E-state index in [1.807, 2.05) is 18.2 Å². The number of hydrogen-bond donors (Lipinski definition) is 2. The fourth-order valence-electron chi connectivity index (χ4n) is 2.02. The molecule has 0 aromatic heterocycles. The third-order valence-electron chi connectivity index (χ3n) is 2.98. The van der Waals surface area contributed by atoms with E-state index in [2.05, 4.69) is 21.2 Å². The number of carbonyl (C=O) groups excluding carboxylic acids is 1. The molecule has 1 fully saturated rings. The molecule has 1 aromatic rings. The van der Waals surface area contributed by atoms with Crippen LogP contribution in [0.15, 0.2) is 22.7 Å². The van der Waals surface area contributed by atoms with Gasteiger partial charge >= 0.3 is 0 Å². The van der Waals surface area contributed by atoms with Gasteiger partial charge in [0.1, 0.15) is 5.75 Å². The van der Waals surface area contributed by atoms with Crippen LogP contribution in [0, 0.1) is 0 Å². The number of carbonyl (C=O) groups is 1. The van der Waals surface area contributed by atoms with Crippen molar-refractivity contribution >= 4 is 21.8 Å². The quantitative estimate of drug-likeness (QED) is 0.874. The standard InChI is InChI=1S/C12H15BrN2O2/c1-17-10-4-2-7(6-8(10)13)12-9(14)3-5-11(16)15-12/h2,4,6,9,12H,3,5,14H2,1H3,(H,15,16). The van der Waals surface area contributed by atoms with E-state index in [1.54, 1.807) is 7.11 Å². The lowest BCUT2D eigenvalue weighted by molar-refractivity contribution is -0.123. The van der Waals surface area contributed by atoms with Gasteiger partial charge in [0.25, 0.3) is 0 Å². The van der Waals surface area contributed by atoms with E-state index < -0.39 is 0 Å². The number of halogens is 1. The Hall–Kier alpha value is -1.07. The number of amides is 1. The molecule has 5 heteroatoms. The van der Waals surface area contributed by atoms with Crippen molar-refractivity contribution in [1.29, 1.82) is 0 Å². The normalized spacial score (nSPS) is 24.3. The summed E-state index contributed by atoms with van der Waals surface area (Å²) in [4.78, 5) is 11.4. The Morgan fingerprint density at radius 2 is 2.29 bits per heavy atom. The van der Waals surface area contributed by atoms with Gasteiger partial charge in [0.2, 0.25) is 5.91 Å². The topological polar surface area (TPSA) is 64.3 Å². The van der Waals surface area contributed by atoms with Gasteiger partial charge in [0.05, 0.1) is 17.6 Å². The van der Waals surface area contributed by atoms with Crippen LogP contribution in [0.5, 0.6) is 5.75 Å². The van der Waals surface area contributed by atoms with Crippen molar-refractivity contribution in [2.24, 2.45) is 5.73 Å². The van der Waals surface area contributed by atoms with Crippen LogP contribution in [0.3, 0.4) is 0 Å². The average Bonchev–Trinajstić information content (AvgIpc) is 2.32. The molecule has 92 valence electrons. The Bertz CT molecular complexity index is 437. The summed E-state index contributed by atoms with van der Waals surface area (Å²) >= 11 is 3.43. The summed E-state index contributed by atoms with van der Waals surface area (Å²) in [7, 11) is 1.62. The smallest absolute Gasteiger partial charge is 0.220 e. The SMILES string of the molecule is COc1ccc(C2NC(=O)CCC2N)cc1Br. The van der Waals surface area contributed by atoms with E-state index in [9.17, 15) is 4.79 Å². The van der Waals surface area contributed by atoms with Crippen molar-refractivity contribution in [3.63, 3.8) is 0 Å². The maximum atomic E-state index is 11.4. The highest BCUT2D eigenvalue weighted by Crippen LogP contribution is 2.30. The van der Waals surface area contributed by atoms with E-state index in [-0.39, 0.29) is 18.0 Å². The van der Waals surface area contributed by atoms with E-state index >= 15 is 0 Å². The van der Waals surface area contributed by atoms with Crippen LogP contribution in [0.4, 0.5) is 0 Å². The first-order chi connectivity index (χ1) is 8.11. The minimum atomic E-state index is -0.113. The lowest BCUT2D eigenvalue weighted by Crippen LogP contribution is -2.45. The summed E-state index contributed by atoms with van der Waals surface area (Å²) in [5.74, 6) is 0.827. The van der Waals surface area contributed by atoms with Gasteiger partial charge < -0.3 is 15.8 Å². The molecule has 2 rings (SSSR count). The van der Waals surface area contributed by atoms with Crippen LogP contribution < -0.4 is 15.8 Å². The first kappa shape index (κ1) is 12.4. The Morgan fingerprint density at radius 3 is 2.94 bits per heavy atom. The van der Waals surface area contributed by atoms with Crippen LogP contribution >= 0.6 is 15.9 Å². The molecule has 17 heavy (non-hydrogen) atoms. The Balaban J connectivity index is 2.26. The molecule has 2 atom stereocenters. The summed E-state index contributed by atoms with van der Waals surface area (Å²) < 4.78 is 6.04. The largest absolute Gasteiger partial charge is 0.496 e. The van der Waals surface area contributed by atoms with Gasteiger partial charge in [-0.2, -0.15) is 0 Å². The predicted molar refractivity (Wildman–Crippen MR) is 68.8 cm³/mol. The highest BCUT2D eigenvalue weighted by molar-refractivity contribution is 9.10. The highest BCUT2D eigenvalue weighted by atomic mass is 79.9. The lowest BCUT2D eigenvalue weighted by Gasteiger charge is -2.30. The maximum absolute atomic E-state index is 11.4. The zero-order valence-corrected chi connectivity index (χ0v) is 11.2. The van der Waals surface area contributed by atoms with E-state index in [0.717, 1.165) is 22.2 Å². The lowest BCUT2D eigenvalue weighted by atomic mass is 9.93. The molecule has 1 aromatic carbocycles. The van der Waals surface area contributed by atoms with Crippen molar-refractivity contribution in [3.05, 3.63) is 28.2 Å². The summed E-state index contributed by atoms with van der Waals surface area (Å²) in [6.45, 7) is 0. The zero-order chi connectivity index (χ0) is 12.4. The monoisotopic (exact) mass is 298 g/mol. The molecule has 1 aliphatic rings. The second kappa shape index (κ2) is 5.06. The molecule has 1 heterocycles. The van der Waals surface area contributed by atoms with Crippen molar-refractivity contribution in [3.8, 4) is 5.75 Å². The van der Waals surface area contributed by atoms with Crippen LogP contribution in [0.1, 0.15) is 24.4 Å². The molecule has 3 N–H and O–H groups in total. The minimum absolute atomic E-state index is 0.0343. The third kappa shape index (κ3) is 2.61. The summed E-state index contributed by atoms with van der Waals surface area (Å²) in [6, 6.07) is 5.59. The first-order valence-electron chi connectivity index (χ1n) is 5.50. The number of benzene rings is 1. The van der Waals surface area contributed by atoms with Crippen LogP contribution in [-0.2, 0) is 4.79 Å². The fourth-order valence-corrected chi connectivity index (χ4v) is 2.58. The molecule has 0 aliphatic carbocycles. The molecule has 0 bridgehead atoms. The molecule has 0 saturated carbocycles. The molecule has 2 unspecified atom stereocenters. The van der Waals surface area contributed by atoms with Crippen molar-refractivity contribution in [1.82, 2.24) is 5.32 Å². The minimum Gasteiger partial charge on any atom is -0.496 e. The van der Waals surface area contributed by atoms with E-state index in [1.165, 1.54) is 0 Å². The highest BCUT2D eigenvalue weighted by Gasteiger charge is 2.27. The molecular weight excluding hydrogens is 284 g/mol. The van der Waals surface area contributed by atoms with Gasteiger partial charge in [0, 0.05) is 12.5 Å². The Kier molecular flexibility index (Phi) is 3.69. The maximum Gasteiger partial charge on any atom is 0.220 e. The number of methoxy groups -OCH3 is 1. The Labute approximate surface area is 109 Å². The molecule has 0 radical (unpaired) electrons. The fraction of sp³-hybridized carbons (Fsp3) is 0.417. The molecular formula is C12H15BrN2O2. The van der Waals surface area contributed by atoms with Gasteiger partial charge in [-0.25, -0.2) is 0 Å². The summed E-state index contributed by atoms with van der Waals surface area (Å²) in [5, 5.41) is 2.92. The second-order valence-electron chi connectivity index (χ2n) is 4.14. The van der Waals surface area contributed by atoms with Gasteiger partial charge in [-0.1, -0.05) is 6.07 Å². The molecule has 1 saturated heterocycles. The summed E-state index contributed by atoms with van der Waals surface area (Å²) in [6.07, 6.45) is 1.23. The number of rotatable bonds is 2. The number of piperidine rings is 1. The first-order valence-corrected chi connectivity index (χ1v) is 6.29. The number of ether oxygens (including phenoxy) is 1. The number of nitrogens with two attached hydrogens (primary N) is 1.